The third-order valence-corrected chi connectivity index (χ3v) is 3.85. The van der Waals surface area contributed by atoms with Crippen LogP contribution in [0.2, 0.25) is 0 Å². The van der Waals surface area contributed by atoms with E-state index in [0.29, 0.717) is 16.7 Å². The molecule has 0 amide bonds. The van der Waals surface area contributed by atoms with E-state index in [9.17, 15) is 4.79 Å². The molecule has 3 heterocycles. The second-order valence-corrected chi connectivity index (χ2v) is 5.44. The smallest absolute Gasteiger partial charge is 0.209 e. The van der Waals surface area contributed by atoms with Gasteiger partial charge in [0.2, 0.25) is 5.16 Å². The van der Waals surface area contributed by atoms with Gasteiger partial charge in [-0.25, -0.2) is 9.97 Å². The number of aliphatic hydroxyl groups is 1. The lowest BCUT2D eigenvalue weighted by Crippen LogP contribution is -2.36. The highest BCUT2D eigenvalue weighted by atomic mass is 32.2. The molecule has 0 radical (unpaired) electrons. The van der Waals surface area contributed by atoms with Crippen LogP contribution < -0.4 is 4.90 Å². The van der Waals surface area contributed by atoms with Crippen molar-refractivity contribution < 1.29 is 14.6 Å². The standard InChI is InChI=1S/C13H15N5O2S.CH4O/c19-5-8-21-13-15-12(16-17-13)10-1-2-11(14-9-10)18-3-6-20-7-4-18;1-2/h1-2,5,9H,3-4,6-8H2,(H,15,16,17);2H,1H3. The van der Waals surface area contributed by atoms with Gasteiger partial charge in [-0.15, -0.1) is 5.10 Å². The molecule has 9 heteroatoms. The topological polar surface area (TPSA) is 104 Å². The van der Waals surface area contributed by atoms with Crippen molar-refractivity contribution in [2.75, 3.05) is 44.1 Å². The van der Waals surface area contributed by atoms with Gasteiger partial charge in [-0.1, -0.05) is 11.8 Å². The molecule has 2 aromatic heterocycles. The molecule has 0 aromatic carbocycles. The van der Waals surface area contributed by atoms with E-state index >= 15 is 0 Å². The van der Waals surface area contributed by atoms with Crippen molar-refractivity contribution in [1.82, 2.24) is 20.2 Å². The number of anilines is 1. The molecule has 1 saturated heterocycles. The molecule has 0 bridgehead atoms. The Morgan fingerprint density at radius 2 is 2.17 bits per heavy atom. The summed E-state index contributed by atoms with van der Waals surface area (Å²) in [6.45, 7) is 3.20. The van der Waals surface area contributed by atoms with Gasteiger partial charge in [-0.05, 0) is 12.1 Å². The summed E-state index contributed by atoms with van der Waals surface area (Å²) < 4.78 is 5.33. The number of nitrogens with one attached hydrogen (secondary N) is 1. The Labute approximate surface area is 138 Å². The molecule has 23 heavy (non-hydrogen) atoms. The van der Waals surface area contributed by atoms with Gasteiger partial charge in [0, 0.05) is 32.0 Å². The zero-order valence-electron chi connectivity index (χ0n) is 12.8. The molecule has 124 valence electrons. The van der Waals surface area contributed by atoms with E-state index in [2.05, 4.69) is 25.1 Å². The number of carbonyl (C=O) groups is 1. The third-order valence-electron chi connectivity index (χ3n) is 3.10. The van der Waals surface area contributed by atoms with Gasteiger partial charge in [0.1, 0.15) is 12.1 Å². The summed E-state index contributed by atoms with van der Waals surface area (Å²) in [5, 5.41) is 14.5. The van der Waals surface area contributed by atoms with Crippen LogP contribution in [0.25, 0.3) is 11.4 Å². The Bertz CT molecular complexity index is 599. The maximum absolute atomic E-state index is 10.3. The van der Waals surface area contributed by atoms with Crippen molar-refractivity contribution in [2.24, 2.45) is 0 Å². The normalized spacial score (nSPS) is 14.1. The highest BCUT2D eigenvalue weighted by Crippen LogP contribution is 2.20. The van der Waals surface area contributed by atoms with Gasteiger partial charge in [0.25, 0.3) is 0 Å². The number of morpholine rings is 1. The molecule has 3 rings (SSSR count). The quantitative estimate of drug-likeness (QED) is 0.604. The van der Waals surface area contributed by atoms with Gasteiger partial charge < -0.3 is 19.5 Å². The fourth-order valence-electron chi connectivity index (χ4n) is 2.05. The highest BCUT2D eigenvalue weighted by molar-refractivity contribution is 7.99. The van der Waals surface area contributed by atoms with Crippen molar-refractivity contribution >= 4 is 23.9 Å². The van der Waals surface area contributed by atoms with Crippen molar-refractivity contribution in [3.63, 3.8) is 0 Å². The number of carbonyl (C=O) groups excluding carboxylic acids is 1. The minimum absolute atomic E-state index is 0.353. The Morgan fingerprint density at radius 3 is 2.83 bits per heavy atom. The van der Waals surface area contributed by atoms with Crippen LogP contribution >= 0.6 is 11.8 Å². The Hall–Kier alpha value is -1.97. The number of pyridine rings is 1. The average molecular weight is 337 g/mol. The fourth-order valence-corrected chi connectivity index (χ4v) is 2.54. The van der Waals surface area contributed by atoms with E-state index in [1.54, 1.807) is 6.20 Å². The number of rotatable bonds is 5. The summed E-state index contributed by atoms with van der Waals surface area (Å²) in [5.41, 5.74) is 0.873. The van der Waals surface area contributed by atoms with E-state index in [1.807, 2.05) is 12.1 Å². The van der Waals surface area contributed by atoms with Crippen LogP contribution in [0.4, 0.5) is 5.82 Å². The summed E-state index contributed by atoms with van der Waals surface area (Å²) in [7, 11) is 1.00. The lowest BCUT2D eigenvalue weighted by molar-refractivity contribution is -0.105. The third kappa shape index (κ3) is 4.75. The van der Waals surface area contributed by atoms with Crippen LogP contribution in [-0.2, 0) is 9.53 Å². The van der Waals surface area contributed by atoms with Gasteiger partial charge in [-0.2, -0.15) is 0 Å². The molecule has 0 atom stereocenters. The molecule has 2 N–H and O–H groups in total. The zero-order valence-corrected chi connectivity index (χ0v) is 13.6. The first-order chi connectivity index (χ1) is 11.4. The Morgan fingerprint density at radius 1 is 1.39 bits per heavy atom. The van der Waals surface area contributed by atoms with Crippen LogP contribution in [0.1, 0.15) is 0 Å². The first-order valence-corrected chi connectivity index (χ1v) is 8.08. The van der Waals surface area contributed by atoms with Gasteiger partial charge >= 0.3 is 0 Å². The number of H-pyrrole nitrogens is 1. The first kappa shape index (κ1) is 17.4. The van der Waals surface area contributed by atoms with Crippen LogP contribution in [0.5, 0.6) is 0 Å². The predicted molar refractivity (Wildman–Crippen MR) is 87.6 cm³/mol. The van der Waals surface area contributed by atoms with Crippen LogP contribution in [-0.4, -0.2) is 70.7 Å². The Balaban J connectivity index is 0.000000924. The fraction of sp³-hybridized carbons (Fsp3) is 0.429. The molecular weight excluding hydrogens is 318 g/mol. The lowest BCUT2D eigenvalue weighted by atomic mass is 10.2. The van der Waals surface area contributed by atoms with Gasteiger partial charge in [-0.3, -0.25) is 5.10 Å². The second kappa shape index (κ2) is 9.23. The molecule has 8 nitrogen and oxygen atoms in total. The highest BCUT2D eigenvalue weighted by Gasteiger charge is 2.13. The molecule has 0 spiro atoms. The van der Waals surface area contributed by atoms with Crippen LogP contribution in [0.3, 0.4) is 0 Å². The summed E-state index contributed by atoms with van der Waals surface area (Å²) >= 11 is 1.30. The molecule has 1 fully saturated rings. The molecule has 1 aliphatic heterocycles. The number of nitrogens with zero attached hydrogens (tertiary/aromatic N) is 4. The van der Waals surface area contributed by atoms with Crippen LogP contribution in [0.15, 0.2) is 23.5 Å². The minimum atomic E-state index is 0.353. The second-order valence-electron chi connectivity index (χ2n) is 4.45. The van der Waals surface area contributed by atoms with E-state index in [1.165, 1.54) is 11.8 Å². The number of aldehydes is 1. The van der Waals surface area contributed by atoms with Crippen molar-refractivity contribution in [3.8, 4) is 11.4 Å². The molecule has 0 aliphatic carbocycles. The zero-order chi connectivity index (χ0) is 16.5. The molecule has 1 aliphatic rings. The van der Waals surface area contributed by atoms with E-state index in [0.717, 1.165) is 51.1 Å². The molecule has 0 unspecified atom stereocenters. The minimum Gasteiger partial charge on any atom is -0.400 e. The Kier molecular flexibility index (Phi) is 6.98. The summed E-state index contributed by atoms with van der Waals surface area (Å²) in [6, 6.07) is 3.94. The predicted octanol–water partition coefficient (Wildman–Crippen LogP) is 0.603. The number of thioether (sulfide) groups is 1. The first-order valence-electron chi connectivity index (χ1n) is 7.09. The summed E-state index contributed by atoms with van der Waals surface area (Å²) in [6.07, 6.45) is 2.61. The average Bonchev–Trinajstić information content (AvgIpc) is 3.11. The maximum atomic E-state index is 10.3. The van der Waals surface area contributed by atoms with Crippen LogP contribution in [0, 0.1) is 0 Å². The largest absolute Gasteiger partial charge is 0.400 e. The van der Waals surface area contributed by atoms with E-state index < -0.39 is 0 Å². The van der Waals surface area contributed by atoms with E-state index in [-0.39, 0.29) is 0 Å². The van der Waals surface area contributed by atoms with Gasteiger partial charge in [0.15, 0.2) is 5.82 Å². The molecule has 0 saturated carbocycles. The van der Waals surface area contributed by atoms with Crippen molar-refractivity contribution in [1.29, 1.82) is 0 Å². The van der Waals surface area contributed by atoms with Crippen molar-refractivity contribution in [3.05, 3.63) is 18.3 Å². The monoisotopic (exact) mass is 337 g/mol. The lowest BCUT2D eigenvalue weighted by Gasteiger charge is -2.27. The molecule has 2 aromatic rings. The number of aromatic amines is 1. The SMILES string of the molecule is CO.O=CCSc1n[nH]c(-c2ccc(N3CCOCC3)nc2)n1. The number of aliphatic hydroxyl groups excluding tert-OH is 1. The summed E-state index contributed by atoms with van der Waals surface area (Å²) in [5.74, 6) is 1.95. The number of hydrogen-bond acceptors (Lipinski definition) is 8. The van der Waals surface area contributed by atoms with Gasteiger partial charge in [0.05, 0.1) is 19.0 Å². The number of hydrogen-bond donors (Lipinski definition) is 2. The molecular formula is C14H19N5O3S. The summed E-state index contributed by atoms with van der Waals surface area (Å²) in [4.78, 5) is 21.3. The number of aromatic nitrogens is 4. The maximum Gasteiger partial charge on any atom is 0.209 e. The van der Waals surface area contributed by atoms with E-state index in [4.69, 9.17) is 9.84 Å². The number of ether oxygens (including phenoxy) is 1. The van der Waals surface area contributed by atoms with Crippen molar-refractivity contribution in [2.45, 2.75) is 5.16 Å².